The molecule has 0 bridgehead atoms. The van der Waals surface area contributed by atoms with Crippen molar-refractivity contribution < 1.29 is 9.53 Å². The molecule has 1 amide bonds. The normalized spacial score (nSPS) is 11.0. The van der Waals surface area contributed by atoms with Gasteiger partial charge < -0.3 is 4.74 Å². The van der Waals surface area contributed by atoms with Gasteiger partial charge in [0.1, 0.15) is 11.4 Å². The third-order valence-corrected chi connectivity index (χ3v) is 5.23. The summed E-state index contributed by atoms with van der Waals surface area (Å²) in [6, 6.07) is 22.6. The van der Waals surface area contributed by atoms with Crippen LogP contribution in [0, 0.1) is 6.92 Å². The van der Waals surface area contributed by atoms with Crippen molar-refractivity contribution in [2.75, 3.05) is 6.61 Å². The molecule has 33 heavy (non-hydrogen) atoms. The standard InChI is InChI=1S/C25H20Cl2N4O2/c1-17-6-5-7-18(12-17)25-19(15-31(30-25)21-8-3-2-4-9-21)14-28-29-24(32)16-33-23-11-10-20(26)13-22(23)27/h2-15H,16H2,1H3,(H,29,32)/b28-14-. The molecule has 0 radical (unpaired) electrons. The van der Waals surface area contributed by atoms with E-state index in [1.807, 2.05) is 61.7 Å². The summed E-state index contributed by atoms with van der Waals surface area (Å²) in [4.78, 5) is 12.2. The minimum absolute atomic E-state index is 0.243. The van der Waals surface area contributed by atoms with E-state index in [4.69, 9.17) is 33.0 Å². The second kappa shape index (κ2) is 10.3. The van der Waals surface area contributed by atoms with Crippen molar-refractivity contribution in [1.82, 2.24) is 15.2 Å². The van der Waals surface area contributed by atoms with E-state index in [2.05, 4.69) is 16.6 Å². The lowest BCUT2D eigenvalue weighted by Gasteiger charge is -2.07. The Hall–Kier alpha value is -3.61. The number of halogens is 2. The van der Waals surface area contributed by atoms with Crippen molar-refractivity contribution >= 4 is 35.3 Å². The molecule has 0 saturated carbocycles. The van der Waals surface area contributed by atoms with Gasteiger partial charge in [0.15, 0.2) is 6.61 Å². The Bertz CT molecular complexity index is 1300. The smallest absolute Gasteiger partial charge is 0.277 e. The highest BCUT2D eigenvalue weighted by atomic mass is 35.5. The van der Waals surface area contributed by atoms with E-state index in [1.54, 1.807) is 29.1 Å². The predicted octanol–water partition coefficient (Wildman–Crippen LogP) is 5.68. The quantitative estimate of drug-likeness (QED) is 0.274. The lowest BCUT2D eigenvalue weighted by Crippen LogP contribution is -2.24. The second-order valence-electron chi connectivity index (χ2n) is 7.24. The Morgan fingerprint density at radius 2 is 1.91 bits per heavy atom. The van der Waals surface area contributed by atoms with Gasteiger partial charge in [-0.25, -0.2) is 10.1 Å². The highest BCUT2D eigenvalue weighted by Crippen LogP contribution is 2.27. The second-order valence-corrected chi connectivity index (χ2v) is 8.08. The van der Waals surface area contributed by atoms with Gasteiger partial charge in [0, 0.05) is 22.3 Å². The summed E-state index contributed by atoms with van der Waals surface area (Å²) in [5.41, 5.74) is 6.98. The molecular weight excluding hydrogens is 459 g/mol. The molecule has 1 aromatic heterocycles. The van der Waals surface area contributed by atoms with Gasteiger partial charge in [-0.15, -0.1) is 0 Å². The van der Waals surface area contributed by atoms with Gasteiger partial charge in [-0.1, -0.05) is 65.2 Å². The fourth-order valence-corrected chi connectivity index (χ4v) is 3.62. The minimum atomic E-state index is -0.426. The van der Waals surface area contributed by atoms with Crippen LogP contribution in [0.3, 0.4) is 0 Å². The maximum atomic E-state index is 12.2. The molecule has 0 aliphatic heterocycles. The van der Waals surface area contributed by atoms with Gasteiger partial charge in [0.2, 0.25) is 0 Å². The molecule has 166 valence electrons. The van der Waals surface area contributed by atoms with Crippen molar-refractivity contribution in [3.8, 4) is 22.7 Å². The number of nitrogens with zero attached hydrogens (tertiary/aromatic N) is 3. The van der Waals surface area contributed by atoms with Gasteiger partial charge in [0.05, 0.1) is 16.9 Å². The van der Waals surface area contributed by atoms with Crippen LogP contribution < -0.4 is 10.2 Å². The maximum Gasteiger partial charge on any atom is 0.277 e. The maximum absolute atomic E-state index is 12.2. The van der Waals surface area contributed by atoms with E-state index in [1.165, 1.54) is 0 Å². The number of nitrogens with one attached hydrogen (secondary N) is 1. The Morgan fingerprint density at radius 1 is 1.09 bits per heavy atom. The Kier molecular flexibility index (Phi) is 7.07. The minimum Gasteiger partial charge on any atom is -0.482 e. The topological polar surface area (TPSA) is 68.5 Å². The first-order valence-corrected chi connectivity index (χ1v) is 10.9. The molecule has 4 rings (SSSR count). The van der Waals surface area contributed by atoms with Crippen molar-refractivity contribution in [1.29, 1.82) is 0 Å². The van der Waals surface area contributed by atoms with Crippen molar-refractivity contribution in [3.63, 3.8) is 0 Å². The van der Waals surface area contributed by atoms with Crippen LogP contribution in [0.15, 0.2) is 84.1 Å². The number of amides is 1. The molecule has 1 heterocycles. The number of ether oxygens (including phenoxy) is 1. The molecule has 8 heteroatoms. The number of aromatic nitrogens is 2. The third kappa shape index (κ3) is 5.80. The van der Waals surface area contributed by atoms with Crippen LogP contribution in [0.5, 0.6) is 5.75 Å². The number of carbonyl (C=O) groups excluding carboxylic acids is 1. The van der Waals surface area contributed by atoms with Crippen LogP contribution in [-0.4, -0.2) is 28.5 Å². The monoisotopic (exact) mass is 478 g/mol. The summed E-state index contributed by atoms with van der Waals surface area (Å²) in [6.45, 7) is 1.78. The van der Waals surface area contributed by atoms with Gasteiger partial charge in [0.25, 0.3) is 5.91 Å². The van der Waals surface area contributed by atoms with Gasteiger partial charge in [-0.3, -0.25) is 4.79 Å². The zero-order valence-electron chi connectivity index (χ0n) is 17.7. The van der Waals surface area contributed by atoms with E-state index in [-0.39, 0.29) is 6.61 Å². The Balaban J connectivity index is 1.50. The highest BCUT2D eigenvalue weighted by molar-refractivity contribution is 6.35. The molecule has 0 unspecified atom stereocenters. The number of hydrazone groups is 1. The lowest BCUT2D eigenvalue weighted by molar-refractivity contribution is -0.123. The lowest BCUT2D eigenvalue weighted by atomic mass is 10.1. The SMILES string of the molecule is Cc1cccc(-c2nn(-c3ccccc3)cc2/C=N\NC(=O)COc2ccc(Cl)cc2Cl)c1. The van der Waals surface area contributed by atoms with Gasteiger partial charge in [-0.05, 0) is 43.3 Å². The average Bonchev–Trinajstić information content (AvgIpc) is 3.23. The molecule has 0 atom stereocenters. The molecule has 0 aliphatic rings. The molecule has 3 aromatic carbocycles. The van der Waals surface area contributed by atoms with E-state index >= 15 is 0 Å². The van der Waals surface area contributed by atoms with Crippen LogP contribution in [0.25, 0.3) is 16.9 Å². The van der Waals surface area contributed by atoms with Crippen molar-refractivity contribution in [3.05, 3.63) is 100 Å². The van der Waals surface area contributed by atoms with Gasteiger partial charge in [-0.2, -0.15) is 10.2 Å². The number of hydrogen-bond donors (Lipinski definition) is 1. The van der Waals surface area contributed by atoms with Crippen molar-refractivity contribution in [2.24, 2.45) is 5.10 Å². The average molecular weight is 479 g/mol. The summed E-state index contributed by atoms with van der Waals surface area (Å²) in [5.74, 6) is -0.0594. The Labute approximate surface area is 201 Å². The molecule has 1 N–H and O–H groups in total. The predicted molar refractivity (Wildman–Crippen MR) is 131 cm³/mol. The fraction of sp³-hybridized carbons (Fsp3) is 0.0800. The number of para-hydroxylation sites is 1. The molecule has 0 aliphatic carbocycles. The number of rotatable bonds is 7. The molecule has 4 aromatic rings. The van der Waals surface area contributed by atoms with Crippen LogP contribution in [0.2, 0.25) is 10.0 Å². The summed E-state index contributed by atoms with van der Waals surface area (Å²) >= 11 is 11.9. The van der Waals surface area contributed by atoms with E-state index < -0.39 is 5.91 Å². The first-order chi connectivity index (χ1) is 16.0. The molecule has 0 spiro atoms. The molecule has 0 saturated heterocycles. The first-order valence-electron chi connectivity index (χ1n) is 10.1. The highest BCUT2D eigenvalue weighted by Gasteiger charge is 2.12. The number of hydrogen-bond acceptors (Lipinski definition) is 4. The van der Waals surface area contributed by atoms with Crippen LogP contribution >= 0.6 is 23.2 Å². The van der Waals surface area contributed by atoms with Crippen LogP contribution in [-0.2, 0) is 4.79 Å². The zero-order chi connectivity index (χ0) is 23.2. The Morgan fingerprint density at radius 3 is 2.67 bits per heavy atom. The van der Waals surface area contributed by atoms with Crippen LogP contribution in [0.1, 0.15) is 11.1 Å². The molecular formula is C25H20Cl2N4O2. The third-order valence-electron chi connectivity index (χ3n) is 4.70. The number of aryl methyl sites for hydroxylation is 1. The molecule has 6 nitrogen and oxygen atoms in total. The zero-order valence-corrected chi connectivity index (χ0v) is 19.2. The summed E-state index contributed by atoms with van der Waals surface area (Å²) in [5, 5.41) is 9.66. The van der Waals surface area contributed by atoms with E-state index in [0.29, 0.717) is 15.8 Å². The summed E-state index contributed by atoms with van der Waals surface area (Å²) in [6.07, 6.45) is 3.43. The number of carbonyl (C=O) groups is 1. The van der Waals surface area contributed by atoms with E-state index in [0.717, 1.165) is 28.1 Å². The molecule has 0 fully saturated rings. The number of benzene rings is 3. The van der Waals surface area contributed by atoms with E-state index in [9.17, 15) is 4.79 Å². The summed E-state index contributed by atoms with van der Waals surface area (Å²) < 4.78 is 7.22. The summed E-state index contributed by atoms with van der Waals surface area (Å²) in [7, 11) is 0. The van der Waals surface area contributed by atoms with Gasteiger partial charge >= 0.3 is 0 Å². The fourth-order valence-electron chi connectivity index (χ4n) is 3.15. The first kappa shape index (κ1) is 22.6. The van der Waals surface area contributed by atoms with Crippen LogP contribution in [0.4, 0.5) is 0 Å². The largest absolute Gasteiger partial charge is 0.482 e. The van der Waals surface area contributed by atoms with Crippen molar-refractivity contribution in [2.45, 2.75) is 6.92 Å².